The van der Waals surface area contributed by atoms with Crippen molar-refractivity contribution in [1.82, 2.24) is 15.1 Å². The van der Waals surface area contributed by atoms with Crippen LogP contribution in [0, 0.1) is 0 Å². The Balaban J connectivity index is 1.44. The first-order valence-corrected chi connectivity index (χ1v) is 13.5. The molecule has 0 saturated heterocycles. The van der Waals surface area contributed by atoms with E-state index in [0.717, 1.165) is 25.7 Å². The molecule has 2 aromatic carbocycles. The van der Waals surface area contributed by atoms with Gasteiger partial charge in [-0.1, -0.05) is 60.7 Å². The van der Waals surface area contributed by atoms with Gasteiger partial charge in [0.15, 0.2) is 0 Å². The highest BCUT2D eigenvalue weighted by Crippen LogP contribution is 2.28. The van der Waals surface area contributed by atoms with Gasteiger partial charge in [0.1, 0.15) is 6.04 Å². The van der Waals surface area contributed by atoms with Crippen molar-refractivity contribution in [3.63, 3.8) is 0 Å². The van der Waals surface area contributed by atoms with E-state index in [9.17, 15) is 19.2 Å². The highest BCUT2D eigenvalue weighted by Gasteiger charge is 2.35. The van der Waals surface area contributed by atoms with Crippen molar-refractivity contribution in [3.05, 3.63) is 69.2 Å². The van der Waals surface area contributed by atoms with Gasteiger partial charge in [-0.2, -0.15) is 0 Å². The third kappa shape index (κ3) is 6.16. The molecule has 7 nitrogen and oxygen atoms in total. The number of rotatable bonds is 9. The maximum Gasteiger partial charge on any atom is 0.261 e. The van der Waals surface area contributed by atoms with E-state index >= 15 is 0 Å². The summed E-state index contributed by atoms with van der Waals surface area (Å²) in [4.78, 5) is 54.5. The maximum atomic E-state index is 13.4. The Morgan fingerprint density at radius 3 is 2.16 bits per heavy atom. The molecule has 1 atom stereocenters. The second-order valence-electron chi connectivity index (χ2n) is 9.65. The van der Waals surface area contributed by atoms with E-state index in [1.54, 1.807) is 49.4 Å². The molecule has 0 bridgehead atoms. The third-order valence-electron chi connectivity index (χ3n) is 7.16. The van der Waals surface area contributed by atoms with E-state index in [0.29, 0.717) is 26.7 Å². The number of hydrogen-bond donors (Lipinski definition) is 1. The minimum absolute atomic E-state index is 0.0521. The molecule has 37 heavy (non-hydrogen) atoms. The molecule has 196 valence electrons. The molecule has 1 aliphatic heterocycles. The molecule has 9 heteroatoms. The molecule has 4 rings (SSSR count). The number of fused-ring (bicyclic) bond motifs is 1. The number of benzene rings is 2. The van der Waals surface area contributed by atoms with Crippen LogP contribution >= 0.6 is 23.2 Å². The van der Waals surface area contributed by atoms with E-state index < -0.39 is 6.04 Å². The molecule has 2 aromatic rings. The van der Waals surface area contributed by atoms with Crippen LogP contribution in [0.4, 0.5) is 0 Å². The average molecular weight is 544 g/mol. The summed E-state index contributed by atoms with van der Waals surface area (Å²) in [5.41, 5.74) is 1.32. The lowest BCUT2D eigenvalue weighted by Crippen LogP contribution is -2.50. The van der Waals surface area contributed by atoms with Gasteiger partial charge in [-0.25, -0.2) is 0 Å². The van der Waals surface area contributed by atoms with Gasteiger partial charge in [0.25, 0.3) is 11.8 Å². The molecule has 4 amide bonds. The third-order valence-corrected chi connectivity index (χ3v) is 7.87. The molecule has 1 unspecified atom stereocenters. The van der Waals surface area contributed by atoms with Crippen LogP contribution in [0.1, 0.15) is 78.1 Å². The Labute approximate surface area is 227 Å². The smallest absolute Gasteiger partial charge is 0.261 e. The zero-order valence-electron chi connectivity index (χ0n) is 20.8. The fourth-order valence-corrected chi connectivity index (χ4v) is 5.50. The van der Waals surface area contributed by atoms with Gasteiger partial charge in [-0.3, -0.25) is 24.1 Å². The van der Waals surface area contributed by atoms with Crippen molar-refractivity contribution < 1.29 is 19.2 Å². The number of halogens is 2. The predicted octanol–water partition coefficient (Wildman–Crippen LogP) is 5.24. The zero-order valence-corrected chi connectivity index (χ0v) is 22.4. The number of carbonyl (C=O) groups excluding carboxylic acids is 4. The van der Waals surface area contributed by atoms with Gasteiger partial charge in [0.05, 0.1) is 11.1 Å². The SMILES string of the molecule is CC(C(=O)NC1CCCCC1)N(Cc1c(Cl)cccc1Cl)C(=O)CCCN1C(=O)c2ccccc2C1=O. The summed E-state index contributed by atoms with van der Waals surface area (Å²) in [6.45, 7) is 1.88. The van der Waals surface area contributed by atoms with Crippen LogP contribution in [0.25, 0.3) is 0 Å². The van der Waals surface area contributed by atoms with Gasteiger partial charge in [-0.05, 0) is 50.5 Å². The molecule has 1 fully saturated rings. The minimum atomic E-state index is -0.749. The highest BCUT2D eigenvalue weighted by molar-refractivity contribution is 6.36. The first kappa shape index (κ1) is 27.1. The zero-order chi connectivity index (χ0) is 26.5. The number of carbonyl (C=O) groups is 4. The molecule has 1 heterocycles. The fraction of sp³-hybridized carbons (Fsp3) is 0.429. The van der Waals surface area contributed by atoms with E-state index in [1.807, 2.05) is 0 Å². The molecular formula is C28H31Cl2N3O4. The summed E-state index contributed by atoms with van der Waals surface area (Å²) >= 11 is 12.8. The van der Waals surface area contributed by atoms with Crippen LogP contribution in [0.15, 0.2) is 42.5 Å². The summed E-state index contributed by atoms with van der Waals surface area (Å²) < 4.78 is 0. The van der Waals surface area contributed by atoms with E-state index in [4.69, 9.17) is 23.2 Å². The van der Waals surface area contributed by atoms with Crippen molar-refractivity contribution in [1.29, 1.82) is 0 Å². The summed E-state index contributed by atoms with van der Waals surface area (Å²) in [5, 5.41) is 3.92. The number of amides is 4. The maximum absolute atomic E-state index is 13.4. The minimum Gasteiger partial charge on any atom is -0.352 e. The summed E-state index contributed by atoms with van der Waals surface area (Å²) in [6.07, 6.45) is 5.52. The second-order valence-corrected chi connectivity index (χ2v) is 10.5. The lowest BCUT2D eigenvalue weighted by Gasteiger charge is -2.32. The number of imide groups is 1. The molecule has 2 aliphatic rings. The van der Waals surface area contributed by atoms with Crippen molar-refractivity contribution in [2.45, 2.75) is 70.5 Å². The Morgan fingerprint density at radius 1 is 0.973 bits per heavy atom. The second kappa shape index (κ2) is 12.1. The highest BCUT2D eigenvalue weighted by atomic mass is 35.5. The lowest BCUT2D eigenvalue weighted by atomic mass is 9.95. The summed E-state index contributed by atoms with van der Waals surface area (Å²) in [7, 11) is 0. The molecule has 0 aromatic heterocycles. The molecule has 1 saturated carbocycles. The van der Waals surface area contributed by atoms with Crippen molar-refractivity contribution in [2.75, 3.05) is 6.54 Å². The van der Waals surface area contributed by atoms with Crippen LogP contribution < -0.4 is 5.32 Å². The van der Waals surface area contributed by atoms with E-state index in [1.165, 1.54) is 16.2 Å². The topological polar surface area (TPSA) is 86.8 Å². The quantitative estimate of drug-likeness (QED) is 0.438. The van der Waals surface area contributed by atoms with E-state index in [-0.39, 0.29) is 55.6 Å². The van der Waals surface area contributed by atoms with Gasteiger partial charge >= 0.3 is 0 Å². The predicted molar refractivity (Wildman–Crippen MR) is 143 cm³/mol. The van der Waals surface area contributed by atoms with Crippen LogP contribution in [-0.2, 0) is 16.1 Å². The Kier molecular flexibility index (Phi) is 8.87. The molecule has 1 aliphatic carbocycles. The van der Waals surface area contributed by atoms with Gasteiger partial charge in [-0.15, -0.1) is 0 Å². The van der Waals surface area contributed by atoms with Gasteiger partial charge in [0.2, 0.25) is 11.8 Å². The monoisotopic (exact) mass is 543 g/mol. The van der Waals surface area contributed by atoms with Crippen molar-refractivity contribution in [3.8, 4) is 0 Å². The Bertz CT molecular complexity index is 1140. The Hall–Kier alpha value is -2.90. The normalized spacial score (nSPS) is 16.5. The molecular weight excluding hydrogens is 513 g/mol. The molecule has 0 radical (unpaired) electrons. The van der Waals surface area contributed by atoms with Crippen LogP contribution in [0.2, 0.25) is 10.0 Å². The molecule has 1 N–H and O–H groups in total. The van der Waals surface area contributed by atoms with Crippen LogP contribution in [-0.4, -0.2) is 52.1 Å². The number of nitrogens with one attached hydrogen (secondary N) is 1. The van der Waals surface area contributed by atoms with Gasteiger partial charge < -0.3 is 10.2 Å². The summed E-state index contributed by atoms with van der Waals surface area (Å²) in [5.74, 6) is -1.20. The first-order chi connectivity index (χ1) is 17.8. The number of nitrogens with zero attached hydrogens (tertiary/aromatic N) is 2. The first-order valence-electron chi connectivity index (χ1n) is 12.8. The van der Waals surface area contributed by atoms with Crippen molar-refractivity contribution in [2.24, 2.45) is 0 Å². The van der Waals surface area contributed by atoms with Crippen LogP contribution in [0.5, 0.6) is 0 Å². The lowest BCUT2D eigenvalue weighted by molar-refractivity contribution is -0.141. The Morgan fingerprint density at radius 2 is 1.57 bits per heavy atom. The van der Waals surface area contributed by atoms with Crippen molar-refractivity contribution >= 4 is 46.8 Å². The van der Waals surface area contributed by atoms with Crippen LogP contribution in [0.3, 0.4) is 0 Å². The van der Waals surface area contributed by atoms with Gasteiger partial charge in [0, 0.05) is 41.2 Å². The average Bonchev–Trinajstić information content (AvgIpc) is 3.13. The fourth-order valence-electron chi connectivity index (χ4n) is 4.98. The van der Waals surface area contributed by atoms with E-state index in [2.05, 4.69) is 5.32 Å². The largest absolute Gasteiger partial charge is 0.352 e. The summed E-state index contributed by atoms with van der Waals surface area (Å²) in [6, 6.07) is 11.2. The number of hydrogen-bond acceptors (Lipinski definition) is 4. The molecule has 0 spiro atoms. The standard InChI is InChI=1S/C28H31Cl2N3O4/c1-18(26(35)31-19-9-3-2-4-10-19)33(17-22-23(29)13-7-14-24(22)30)25(34)15-8-16-32-27(36)20-11-5-6-12-21(20)28(32)37/h5-7,11-14,18-19H,2-4,8-10,15-17H2,1H3,(H,31,35).